The first-order valence-electron chi connectivity index (χ1n) is 10.6. The number of allylic oxidation sites excluding steroid dienone is 2. The molecule has 0 saturated carbocycles. The lowest BCUT2D eigenvalue weighted by Crippen LogP contribution is -2.81. The van der Waals surface area contributed by atoms with Gasteiger partial charge in [-0.2, -0.15) is 0 Å². The molecule has 0 saturated heterocycles. The van der Waals surface area contributed by atoms with Crippen LogP contribution in [0, 0.1) is 6.92 Å². The van der Waals surface area contributed by atoms with Crippen LogP contribution in [0.1, 0.15) is 18.2 Å². The molecule has 8 nitrogen and oxygen atoms in total. The molecule has 2 aromatic carbocycles. The number of ketones is 1. The highest BCUT2D eigenvalue weighted by Gasteiger charge is 2.48. The fourth-order valence-electron chi connectivity index (χ4n) is 4.36. The fraction of sp³-hybridized carbons (Fsp3) is 0.0833. The van der Waals surface area contributed by atoms with E-state index in [4.69, 9.17) is 69.6 Å². The van der Waals surface area contributed by atoms with Crippen LogP contribution in [0.3, 0.4) is 0 Å². The van der Waals surface area contributed by atoms with Crippen molar-refractivity contribution in [1.29, 1.82) is 0 Å². The number of anilines is 1. The Hall–Kier alpha value is -2.72. The number of amides is 1. The first kappa shape index (κ1) is 26.9. The second-order valence-electron chi connectivity index (χ2n) is 8.37. The monoisotopic (exact) mass is 631 g/mol. The minimum atomic E-state index is -0.707. The molecule has 1 aliphatic carbocycles. The third kappa shape index (κ3) is 3.99. The maximum atomic E-state index is 13.3. The number of hydrogen-bond donors (Lipinski definition) is 3. The van der Waals surface area contributed by atoms with E-state index >= 15 is 0 Å². The Morgan fingerprint density at radius 3 is 1.76 bits per heavy atom. The van der Waals surface area contributed by atoms with Crippen LogP contribution in [0.25, 0.3) is 11.3 Å². The van der Waals surface area contributed by atoms with E-state index < -0.39 is 23.0 Å². The molecule has 3 N–H and O–H groups in total. The molecule has 0 unspecified atom stereocenters. The van der Waals surface area contributed by atoms with Crippen LogP contribution in [0.5, 0.6) is 0 Å². The molecule has 3 aromatic rings. The lowest BCUT2D eigenvalue weighted by molar-refractivity contribution is -0.455. The van der Waals surface area contributed by atoms with E-state index in [1.165, 1.54) is 38.1 Å². The summed E-state index contributed by atoms with van der Waals surface area (Å²) < 4.78 is 1.05. The third-order valence-corrected chi connectivity index (χ3v) is 7.57. The summed E-state index contributed by atoms with van der Waals surface area (Å²) in [4.78, 5) is 40.0. The standard InChI is InChI=1S/C24H12Cl6N4O4/c1-7-15(23(37)33(31-7)19-11(27)3-9(25)4-12(19)28)17-21(35)18(22(17)36)16-8(2)32-34(24(16)38)20-13(29)5-10(26)6-14(20)30/h3-6,31,35H,1-2H3/p+1. The molecule has 5 rings (SSSR count). The Morgan fingerprint density at radius 1 is 0.763 bits per heavy atom. The Bertz CT molecular complexity index is 1740. The number of aromatic nitrogens is 2. The molecule has 0 atom stereocenters. The molecule has 14 heteroatoms. The highest BCUT2D eigenvalue weighted by atomic mass is 35.5. The minimum absolute atomic E-state index is 0.0887. The van der Waals surface area contributed by atoms with Gasteiger partial charge in [0.1, 0.15) is 22.7 Å². The van der Waals surface area contributed by atoms with Crippen molar-refractivity contribution < 1.29 is 19.8 Å². The van der Waals surface area contributed by atoms with Crippen molar-refractivity contribution in [2.45, 2.75) is 13.8 Å². The Labute approximate surface area is 244 Å². The van der Waals surface area contributed by atoms with Gasteiger partial charge in [0, 0.05) is 22.7 Å². The van der Waals surface area contributed by atoms with Gasteiger partial charge in [0.2, 0.25) is 11.5 Å². The molecule has 2 aliphatic rings. The summed E-state index contributed by atoms with van der Waals surface area (Å²) in [5.74, 6) is -1.92. The quantitative estimate of drug-likeness (QED) is 0.351. The SMILES string of the molecule is CC1=[NH+]N(c2c(Cl)cc(Cl)cc2Cl)C(=O)C1=C1C(=O)C(c2c(C)[nH]n(-c3c(Cl)cc(Cl)cc3Cl)c2=O)=C1O. The number of nitrogens with zero attached hydrogens (tertiary/aromatic N) is 2. The zero-order valence-corrected chi connectivity index (χ0v) is 23.7. The summed E-state index contributed by atoms with van der Waals surface area (Å²) >= 11 is 37.0. The number of rotatable bonds is 3. The van der Waals surface area contributed by atoms with Crippen molar-refractivity contribution >= 4 is 98.3 Å². The van der Waals surface area contributed by atoms with Gasteiger partial charge in [0.25, 0.3) is 5.56 Å². The van der Waals surface area contributed by atoms with Crippen LogP contribution in [-0.2, 0) is 9.59 Å². The van der Waals surface area contributed by atoms with Crippen molar-refractivity contribution in [2.24, 2.45) is 0 Å². The molecule has 38 heavy (non-hydrogen) atoms. The number of halogens is 6. The molecule has 1 amide bonds. The smallest absolute Gasteiger partial charge is 0.321 e. The van der Waals surface area contributed by atoms with Crippen LogP contribution in [0.2, 0.25) is 30.1 Å². The number of nitrogens with one attached hydrogen (secondary N) is 2. The van der Waals surface area contributed by atoms with E-state index in [1.807, 2.05) is 0 Å². The van der Waals surface area contributed by atoms with E-state index in [-0.39, 0.29) is 75.2 Å². The first-order chi connectivity index (χ1) is 17.8. The van der Waals surface area contributed by atoms with E-state index in [2.05, 4.69) is 10.2 Å². The largest absolute Gasteiger partial charge is 0.506 e. The second-order valence-corrected chi connectivity index (χ2v) is 10.9. The van der Waals surface area contributed by atoms with Crippen LogP contribution >= 0.6 is 69.6 Å². The topological polar surface area (TPSA) is 109 Å². The van der Waals surface area contributed by atoms with Gasteiger partial charge in [-0.3, -0.25) is 19.5 Å². The molecular weight excluding hydrogens is 621 g/mol. The van der Waals surface area contributed by atoms with Gasteiger partial charge in [-0.25, -0.2) is 4.68 Å². The maximum absolute atomic E-state index is 13.3. The number of hydrazone groups is 1. The maximum Gasteiger partial charge on any atom is 0.321 e. The Kier molecular flexibility index (Phi) is 6.70. The summed E-state index contributed by atoms with van der Waals surface area (Å²) in [5.41, 5.74) is -0.649. The molecule has 1 aromatic heterocycles. The molecule has 0 radical (unpaired) electrons. The van der Waals surface area contributed by atoms with Crippen LogP contribution in [-0.4, -0.2) is 32.3 Å². The van der Waals surface area contributed by atoms with E-state index in [9.17, 15) is 19.5 Å². The van der Waals surface area contributed by atoms with Gasteiger partial charge in [0.05, 0.1) is 36.8 Å². The van der Waals surface area contributed by atoms with Crippen LogP contribution in [0.15, 0.2) is 46.0 Å². The highest BCUT2D eigenvalue weighted by Crippen LogP contribution is 2.41. The second kappa shape index (κ2) is 9.48. The molecule has 2 heterocycles. The lowest BCUT2D eigenvalue weighted by Gasteiger charge is -2.21. The highest BCUT2D eigenvalue weighted by molar-refractivity contribution is 6.46. The van der Waals surface area contributed by atoms with Gasteiger partial charge < -0.3 is 5.11 Å². The molecule has 0 spiro atoms. The summed E-state index contributed by atoms with van der Waals surface area (Å²) in [6.45, 7) is 3.07. The normalized spacial score (nSPS) is 17.5. The number of H-pyrrole nitrogens is 1. The summed E-state index contributed by atoms with van der Waals surface area (Å²) in [6.07, 6.45) is 0. The molecule has 0 bridgehead atoms. The van der Waals surface area contributed by atoms with Crippen molar-refractivity contribution in [1.82, 2.24) is 9.78 Å². The van der Waals surface area contributed by atoms with Gasteiger partial charge in [0.15, 0.2) is 0 Å². The Balaban J connectivity index is 1.61. The van der Waals surface area contributed by atoms with Gasteiger partial charge >= 0.3 is 5.91 Å². The van der Waals surface area contributed by atoms with E-state index in [1.54, 1.807) is 0 Å². The fourth-order valence-corrected chi connectivity index (χ4v) is 6.33. The number of aryl methyl sites for hydroxylation is 1. The molecule has 194 valence electrons. The Morgan fingerprint density at radius 2 is 1.26 bits per heavy atom. The average molecular weight is 634 g/mol. The zero-order chi connectivity index (χ0) is 27.8. The molecule has 1 aliphatic heterocycles. The molecular formula is C24H13Cl6N4O4+. The average Bonchev–Trinajstić information content (AvgIpc) is 3.23. The number of hydrazine groups is 1. The first-order valence-corrected chi connectivity index (χ1v) is 12.9. The van der Waals surface area contributed by atoms with Gasteiger partial charge in [-0.15, -0.1) is 5.10 Å². The number of aliphatic hydroxyl groups excluding tert-OH is 1. The minimum Gasteiger partial charge on any atom is -0.506 e. The number of carbonyl (C=O) groups is 2. The predicted molar refractivity (Wildman–Crippen MR) is 148 cm³/mol. The van der Waals surface area contributed by atoms with Gasteiger partial charge in [-0.1, -0.05) is 74.6 Å². The van der Waals surface area contributed by atoms with Gasteiger partial charge in [-0.05, 0) is 31.2 Å². The van der Waals surface area contributed by atoms with Crippen LogP contribution < -0.4 is 15.7 Å². The predicted octanol–water partition coefficient (Wildman–Crippen LogP) is 5.05. The summed E-state index contributed by atoms with van der Waals surface area (Å²) in [5, 5.41) is 18.5. The van der Waals surface area contributed by atoms with Crippen LogP contribution in [0.4, 0.5) is 5.69 Å². The third-order valence-electron chi connectivity index (χ3n) is 5.98. The lowest BCUT2D eigenvalue weighted by atomic mass is 9.80. The number of carbonyl (C=O) groups excluding carboxylic acids is 2. The number of aromatic amines is 1. The van der Waals surface area contributed by atoms with Crippen molar-refractivity contribution in [3.05, 3.63) is 92.9 Å². The number of Topliss-reactive ketones (excluding diaryl/α,β-unsaturated/α-hetero) is 1. The number of hydrogen-bond acceptors (Lipinski definition) is 4. The van der Waals surface area contributed by atoms with Crippen molar-refractivity contribution in [3.8, 4) is 5.69 Å². The number of benzene rings is 2. The van der Waals surface area contributed by atoms with Crippen molar-refractivity contribution in [2.75, 3.05) is 5.01 Å². The molecule has 0 fully saturated rings. The van der Waals surface area contributed by atoms with Crippen molar-refractivity contribution in [3.63, 3.8) is 0 Å². The summed E-state index contributed by atoms with van der Waals surface area (Å²) in [6, 6.07) is 5.62. The zero-order valence-electron chi connectivity index (χ0n) is 19.1. The van der Waals surface area contributed by atoms with E-state index in [0.717, 1.165) is 9.69 Å². The number of aliphatic hydroxyl groups is 1. The van der Waals surface area contributed by atoms with E-state index in [0.29, 0.717) is 0 Å². The summed E-state index contributed by atoms with van der Waals surface area (Å²) in [7, 11) is 0.